The molecule has 0 aromatic carbocycles. The summed E-state index contributed by atoms with van der Waals surface area (Å²) < 4.78 is -0.968. The van der Waals surface area contributed by atoms with Crippen LogP contribution in [0.15, 0.2) is 0 Å². The van der Waals surface area contributed by atoms with Gasteiger partial charge in [0.05, 0.1) is 0 Å². The predicted octanol–water partition coefficient (Wildman–Crippen LogP) is 1.03. The van der Waals surface area contributed by atoms with Crippen LogP contribution in [0, 0.1) is 5.41 Å². The molecule has 1 fully saturated rings. The zero-order valence-electron chi connectivity index (χ0n) is 5.17. The zero-order valence-corrected chi connectivity index (χ0v) is 8.35. The van der Waals surface area contributed by atoms with Gasteiger partial charge in [0, 0.05) is 6.42 Å². The SMILES string of the molecule is O=C(O)C1(C(=O)O)CC1(Br)Br. The van der Waals surface area contributed by atoms with Gasteiger partial charge in [0.1, 0.15) is 3.23 Å². The minimum absolute atomic E-state index is 0.0602. The molecule has 1 aliphatic rings. The van der Waals surface area contributed by atoms with E-state index in [0.29, 0.717) is 0 Å². The van der Waals surface area contributed by atoms with Crippen LogP contribution in [0.25, 0.3) is 0 Å². The summed E-state index contributed by atoms with van der Waals surface area (Å²) in [6.07, 6.45) is 0.0602. The maximum absolute atomic E-state index is 10.5. The predicted molar refractivity (Wildman–Crippen MR) is 42.9 cm³/mol. The Morgan fingerprint density at radius 2 is 1.45 bits per heavy atom. The Morgan fingerprint density at radius 1 is 1.18 bits per heavy atom. The number of rotatable bonds is 2. The van der Waals surface area contributed by atoms with E-state index in [2.05, 4.69) is 31.9 Å². The fourth-order valence-corrected chi connectivity index (χ4v) is 2.36. The lowest BCUT2D eigenvalue weighted by atomic mass is 10.1. The van der Waals surface area contributed by atoms with E-state index in [4.69, 9.17) is 10.2 Å². The molecule has 0 aromatic rings. The summed E-state index contributed by atoms with van der Waals surface area (Å²) in [5.74, 6) is -2.64. The molecule has 0 aliphatic heterocycles. The molecule has 0 amide bonds. The zero-order chi connectivity index (χ0) is 8.86. The summed E-state index contributed by atoms with van der Waals surface area (Å²) in [5, 5.41) is 17.1. The Hall–Kier alpha value is -0.100. The molecule has 6 heteroatoms. The summed E-state index contributed by atoms with van der Waals surface area (Å²) in [6, 6.07) is 0. The Bertz CT molecular complexity index is 221. The van der Waals surface area contributed by atoms with Gasteiger partial charge in [-0.3, -0.25) is 9.59 Å². The van der Waals surface area contributed by atoms with Crippen molar-refractivity contribution in [1.82, 2.24) is 0 Å². The summed E-state index contributed by atoms with van der Waals surface area (Å²) in [7, 11) is 0. The normalized spacial score (nSPS) is 24.2. The number of hydrogen-bond donors (Lipinski definition) is 2. The van der Waals surface area contributed by atoms with E-state index in [1.54, 1.807) is 0 Å². The summed E-state index contributed by atoms with van der Waals surface area (Å²) >= 11 is 5.93. The highest BCUT2D eigenvalue weighted by molar-refractivity contribution is 9.25. The third-order valence-corrected chi connectivity index (χ3v) is 3.63. The van der Waals surface area contributed by atoms with Crippen molar-refractivity contribution >= 4 is 43.8 Å². The first-order chi connectivity index (χ1) is 4.84. The first kappa shape index (κ1) is 8.99. The van der Waals surface area contributed by atoms with E-state index in [-0.39, 0.29) is 6.42 Å². The highest BCUT2D eigenvalue weighted by Gasteiger charge is 2.76. The van der Waals surface area contributed by atoms with Gasteiger partial charge in [-0.15, -0.1) is 0 Å². The smallest absolute Gasteiger partial charge is 0.323 e. The van der Waals surface area contributed by atoms with Crippen LogP contribution in [0.4, 0.5) is 0 Å². The van der Waals surface area contributed by atoms with Crippen LogP contribution in [0.2, 0.25) is 0 Å². The summed E-state index contributed by atoms with van der Waals surface area (Å²) in [4.78, 5) is 21.0. The highest BCUT2D eigenvalue weighted by atomic mass is 79.9. The van der Waals surface area contributed by atoms with Gasteiger partial charge in [0.25, 0.3) is 0 Å². The van der Waals surface area contributed by atoms with Crippen LogP contribution in [-0.4, -0.2) is 25.4 Å². The number of carboxylic acid groups (broad SMARTS) is 2. The number of carboxylic acids is 2. The standard InChI is InChI=1S/C5H4Br2O4/c6-5(7)1-4(5,2(8)9)3(10)11/h1H2,(H,8,9)(H,10,11). The molecule has 0 aromatic heterocycles. The van der Waals surface area contributed by atoms with Crippen LogP contribution < -0.4 is 0 Å². The van der Waals surface area contributed by atoms with Gasteiger partial charge >= 0.3 is 11.9 Å². The van der Waals surface area contributed by atoms with Crippen LogP contribution in [0.3, 0.4) is 0 Å². The van der Waals surface area contributed by atoms with Crippen molar-refractivity contribution in [3.63, 3.8) is 0 Å². The number of carbonyl (C=O) groups is 2. The van der Waals surface area contributed by atoms with Crippen LogP contribution in [0.1, 0.15) is 6.42 Å². The van der Waals surface area contributed by atoms with E-state index in [1.165, 1.54) is 0 Å². The molecule has 0 spiro atoms. The largest absolute Gasteiger partial charge is 0.480 e. The molecule has 11 heavy (non-hydrogen) atoms. The molecular formula is C5H4Br2O4. The van der Waals surface area contributed by atoms with Crippen molar-refractivity contribution in [2.24, 2.45) is 5.41 Å². The van der Waals surface area contributed by atoms with Crippen molar-refractivity contribution in [3.8, 4) is 0 Å². The van der Waals surface area contributed by atoms with Gasteiger partial charge in [-0.25, -0.2) is 0 Å². The average molecular weight is 288 g/mol. The molecule has 4 nitrogen and oxygen atoms in total. The van der Waals surface area contributed by atoms with Crippen molar-refractivity contribution in [2.45, 2.75) is 9.65 Å². The van der Waals surface area contributed by atoms with Crippen molar-refractivity contribution in [1.29, 1.82) is 0 Å². The Morgan fingerprint density at radius 3 is 1.45 bits per heavy atom. The van der Waals surface area contributed by atoms with Gasteiger partial charge in [-0.05, 0) is 0 Å². The van der Waals surface area contributed by atoms with Crippen LogP contribution in [0.5, 0.6) is 0 Å². The van der Waals surface area contributed by atoms with Gasteiger partial charge in [0.2, 0.25) is 0 Å². The van der Waals surface area contributed by atoms with Crippen molar-refractivity contribution in [2.75, 3.05) is 0 Å². The molecule has 0 unspecified atom stereocenters. The topological polar surface area (TPSA) is 74.6 Å². The lowest BCUT2D eigenvalue weighted by Crippen LogP contribution is -2.30. The second kappa shape index (κ2) is 2.20. The minimum atomic E-state index is -1.69. The van der Waals surface area contributed by atoms with Gasteiger partial charge in [-0.2, -0.15) is 0 Å². The van der Waals surface area contributed by atoms with Crippen LogP contribution in [-0.2, 0) is 9.59 Å². The molecule has 2 N–H and O–H groups in total. The monoisotopic (exact) mass is 286 g/mol. The van der Waals surface area contributed by atoms with E-state index < -0.39 is 20.6 Å². The number of alkyl halides is 2. The van der Waals surface area contributed by atoms with Crippen LogP contribution >= 0.6 is 31.9 Å². The molecule has 0 saturated heterocycles. The number of hydrogen-bond acceptors (Lipinski definition) is 2. The first-order valence-electron chi connectivity index (χ1n) is 2.69. The molecule has 1 aliphatic carbocycles. The molecule has 0 bridgehead atoms. The van der Waals surface area contributed by atoms with E-state index >= 15 is 0 Å². The van der Waals surface area contributed by atoms with E-state index in [1.807, 2.05) is 0 Å². The average Bonchev–Trinajstić information content (AvgIpc) is 2.35. The maximum atomic E-state index is 10.5. The lowest BCUT2D eigenvalue weighted by Gasteiger charge is -2.05. The summed E-state index contributed by atoms with van der Waals surface area (Å²) in [5.41, 5.74) is -1.69. The van der Waals surface area contributed by atoms with Crippen molar-refractivity contribution < 1.29 is 19.8 Å². The second-order valence-electron chi connectivity index (χ2n) is 2.40. The number of halogens is 2. The first-order valence-corrected chi connectivity index (χ1v) is 4.28. The maximum Gasteiger partial charge on any atom is 0.323 e. The van der Waals surface area contributed by atoms with E-state index in [9.17, 15) is 9.59 Å². The summed E-state index contributed by atoms with van der Waals surface area (Å²) in [6.45, 7) is 0. The fraction of sp³-hybridized carbons (Fsp3) is 0.600. The molecule has 0 atom stereocenters. The van der Waals surface area contributed by atoms with Gasteiger partial charge in [-0.1, -0.05) is 31.9 Å². The van der Waals surface area contributed by atoms with Crippen molar-refractivity contribution in [3.05, 3.63) is 0 Å². The molecular weight excluding hydrogens is 284 g/mol. The quantitative estimate of drug-likeness (QED) is 0.588. The lowest BCUT2D eigenvalue weighted by molar-refractivity contribution is -0.156. The third-order valence-electron chi connectivity index (χ3n) is 1.72. The molecule has 0 radical (unpaired) electrons. The number of aliphatic carboxylic acids is 2. The molecule has 1 rings (SSSR count). The molecule has 1 saturated carbocycles. The fourth-order valence-electron chi connectivity index (χ4n) is 0.844. The third kappa shape index (κ3) is 0.997. The second-order valence-corrected chi connectivity index (χ2v) is 6.17. The molecule has 0 heterocycles. The van der Waals surface area contributed by atoms with E-state index in [0.717, 1.165) is 0 Å². The molecule has 62 valence electrons. The Labute approximate surface area is 78.8 Å². The van der Waals surface area contributed by atoms with Gasteiger partial charge in [0.15, 0.2) is 5.41 Å². The van der Waals surface area contributed by atoms with Gasteiger partial charge < -0.3 is 10.2 Å². The Balaban J connectivity index is 2.98. The minimum Gasteiger partial charge on any atom is -0.480 e. The Kier molecular flexibility index (Phi) is 1.79. The highest BCUT2D eigenvalue weighted by Crippen LogP contribution is 2.66.